The van der Waals surface area contributed by atoms with E-state index >= 15 is 0 Å². The Bertz CT molecular complexity index is 711. The van der Waals surface area contributed by atoms with Gasteiger partial charge in [-0.2, -0.15) is 11.8 Å². The highest BCUT2D eigenvalue weighted by molar-refractivity contribution is 7.99. The van der Waals surface area contributed by atoms with E-state index in [0.29, 0.717) is 0 Å². The largest absolute Gasteiger partial charge is 0.368 e. The van der Waals surface area contributed by atoms with Crippen LogP contribution in [-0.2, 0) is 0 Å². The molecule has 0 radical (unpaired) electrons. The number of hydrogen-bond donors (Lipinski definition) is 1. The number of halogens is 1. The summed E-state index contributed by atoms with van der Waals surface area (Å²) in [6.45, 7) is 3.22. The second-order valence-corrected chi connectivity index (χ2v) is 7.99. The third kappa shape index (κ3) is 3.09. The molecule has 24 heavy (non-hydrogen) atoms. The number of nitrogens with zero attached hydrogens (tertiary/aromatic N) is 3. The molecule has 1 aliphatic carbocycles. The van der Waals surface area contributed by atoms with Crippen LogP contribution >= 0.6 is 11.8 Å². The fraction of sp³-hybridized carbons (Fsp3) is 0.556. The predicted octanol–water partition coefficient (Wildman–Crippen LogP) is 3.54. The van der Waals surface area contributed by atoms with Crippen molar-refractivity contribution >= 4 is 28.5 Å². The molecule has 0 amide bonds. The number of anilines is 1. The van der Waals surface area contributed by atoms with Gasteiger partial charge in [-0.15, -0.1) is 0 Å². The highest BCUT2D eigenvalue weighted by atomic mass is 32.2. The molecule has 4 rings (SSSR count). The average molecular weight is 346 g/mol. The van der Waals surface area contributed by atoms with E-state index in [0.717, 1.165) is 23.3 Å². The van der Waals surface area contributed by atoms with E-state index in [-0.39, 0.29) is 11.4 Å². The standard InChI is InChI=1S/C18H23FN4S/c19-14-3-4-16-15(11-14)17(22-13-21-16)20-12-18(5-1-2-6-18)23-7-9-24-10-8-23/h3-4,11,13H,1-2,5-10,12H2,(H,20,21,22). The van der Waals surface area contributed by atoms with Crippen LogP contribution in [0.5, 0.6) is 0 Å². The zero-order valence-electron chi connectivity index (χ0n) is 13.8. The molecule has 4 nitrogen and oxygen atoms in total. The zero-order chi connectivity index (χ0) is 16.4. The van der Waals surface area contributed by atoms with Crippen molar-refractivity contribution in [3.8, 4) is 0 Å². The topological polar surface area (TPSA) is 41.1 Å². The van der Waals surface area contributed by atoms with Gasteiger partial charge in [0, 0.05) is 42.1 Å². The van der Waals surface area contributed by atoms with Crippen LogP contribution in [0, 0.1) is 5.82 Å². The van der Waals surface area contributed by atoms with Crippen LogP contribution in [0.2, 0.25) is 0 Å². The van der Waals surface area contributed by atoms with Crippen molar-refractivity contribution in [2.45, 2.75) is 31.2 Å². The molecule has 0 spiro atoms. The number of benzene rings is 1. The SMILES string of the molecule is Fc1ccc2ncnc(NCC3(N4CCSCC4)CCCC3)c2c1. The minimum absolute atomic E-state index is 0.228. The highest BCUT2D eigenvalue weighted by Gasteiger charge is 2.39. The molecule has 1 saturated heterocycles. The van der Waals surface area contributed by atoms with E-state index in [4.69, 9.17) is 0 Å². The summed E-state index contributed by atoms with van der Waals surface area (Å²) >= 11 is 2.05. The van der Waals surface area contributed by atoms with Crippen LogP contribution in [0.25, 0.3) is 10.9 Å². The van der Waals surface area contributed by atoms with Crippen LogP contribution in [0.4, 0.5) is 10.2 Å². The summed E-state index contributed by atoms with van der Waals surface area (Å²) in [6, 6.07) is 4.68. The Labute approximate surface area is 146 Å². The van der Waals surface area contributed by atoms with Crippen LogP contribution in [0.3, 0.4) is 0 Å². The quantitative estimate of drug-likeness (QED) is 0.917. The first-order valence-corrected chi connectivity index (χ1v) is 9.89. The lowest BCUT2D eigenvalue weighted by Gasteiger charge is -2.43. The van der Waals surface area contributed by atoms with Crippen molar-refractivity contribution in [2.75, 3.05) is 36.5 Å². The van der Waals surface area contributed by atoms with Gasteiger partial charge in [0.25, 0.3) is 0 Å². The Hall–Kier alpha value is -1.40. The van der Waals surface area contributed by atoms with Gasteiger partial charge < -0.3 is 5.32 Å². The van der Waals surface area contributed by atoms with Gasteiger partial charge in [0.1, 0.15) is 18.0 Å². The van der Waals surface area contributed by atoms with Gasteiger partial charge >= 0.3 is 0 Å². The minimum Gasteiger partial charge on any atom is -0.368 e. The molecule has 0 bridgehead atoms. The van der Waals surface area contributed by atoms with Gasteiger partial charge in [-0.1, -0.05) is 12.8 Å². The first-order valence-electron chi connectivity index (χ1n) is 8.74. The normalized spacial score (nSPS) is 21.2. The van der Waals surface area contributed by atoms with Gasteiger partial charge in [-0.05, 0) is 31.0 Å². The van der Waals surface area contributed by atoms with Gasteiger partial charge in [-0.25, -0.2) is 14.4 Å². The molecule has 2 fully saturated rings. The summed E-state index contributed by atoms with van der Waals surface area (Å²) in [5, 5.41) is 4.29. The monoisotopic (exact) mass is 346 g/mol. The molecule has 2 aliphatic rings. The van der Waals surface area contributed by atoms with E-state index in [2.05, 4.69) is 20.2 Å². The molecule has 2 heterocycles. The number of thioether (sulfide) groups is 1. The number of aromatic nitrogens is 2. The fourth-order valence-electron chi connectivity index (χ4n) is 4.09. The van der Waals surface area contributed by atoms with Crippen molar-refractivity contribution < 1.29 is 4.39 Å². The Morgan fingerprint density at radius 1 is 1.17 bits per heavy atom. The molecule has 1 saturated carbocycles. The smallest absolute Gasteiger partial charge is 0.137 e. The minimum atomic E-state index is -0.246. The predicted molar refractivity (Wildman–Crippen MR) is 98.1 cm³/mol. The molecule has 128 valence electrons. The highest BCUT2D eigenvalue weighted by Crippen LogP contribution is 2.37. The number of rotatable bonds is 4. The third-order valence-electron chi connectivity index (χ3n) is 5.40. The fourth-order valence-corrected chi connectivity index (χ4v) is 5.00. The summed E-state index contributed by atoms with van der Waals surface area (Å²) in [5.41, 5.74) is 1.01. The average Bonchev–Trinajstić information content (AvgIpc) is 3.11. The molecular formula is C18H23FN4S. The van der Waals surface area contributed by atoms with Crippen LogP contribution < -0.4 is 5.32 Å². The van der Waals surface area contributed by atoms with Gasteiger partial charge in [-0.3, -0.25) is 4.90 Å². The molecular weight excluding hydrogens is 323 g/mol. The number of nitrogens with one attached hydrogen (secondary N) is 1. The van der Waals surface area contributed by atoms with E-state index in [9.17, 15) is 4.39 Å². The second-order valence-electron chi connectivity index (χ2n) is 6.77. The molecule has 2 aromatic rings. The van der Waals surface area contributed by atoms with Gasteiger partial charge in [0.2, 0.25) is 0 Å². The van der Waals surface area contributed by atoms with E-state index in [1.54, 1.807) is 12.4 Å². The van der Waals surface area contributed by atoms with Crippen molar-refractivity contribution in [3.63, 3.8) is 0 Å². The molecule has 0 atom stereocenters. The summed E-state index contributed by atoms with van der Waals surface area (Å²) in [6.07, 6.45) is 6.63. The second kappa shape index (κ2) is 6.84. The van der Waals surface area contributed by atoms with E-state index in [1.807, 2.05) is 11.8 Å². The summed E-state index contributed by atoms with van der Waals surface area (Å²) in [7, 11) is 0. The van der Waals surface area contributed by atoms with Crippen LogP contribution in [0.15, 0.2) is 24.5 Å². The molecule has 6 heteroatoms. The molecule has 1 aromatic carbocycles. The lowest BCUT2D eigenvalue weighted by molar-refractivity contribution is 0.116. The number of fused-ring (bicyclic) bond motifs is 1. The van der Waals surface area contributed by atoms with Gasteiger partial charge in [0.15, 0.2) is 0 Å². The zero-order valence-corrected chi connectivity index (χ0v) is 14.6. The molecule has 1 aliphatic heterocycles. The van der Waals surface area contributed by atoms with Gasteiger partial charge in [0.05, 0.1) is 5.52 Å². The molecule has 1 aromatic heterocycles. The lowest BCUT2D eigenvalue weighted by Crippen LogP contribution is -2.54. The van der Waals surface area contributed by atoms with Crippen LogP contribution in [-0.4, -0.2) is 51.5 Å². The third-order valence-corrected chi connectivity index (χ3v) is 6.34. The van der Waals surface area contributed by atoms with Crippen molar-refractivity contribution in [1.82, 2.24) is 14.9 Å². The number of hydrogen-bond acceptors (Lipinski definition) is 5. The van der Waals surface area contributed by atoms with Crippen LogP contribution in [0.1, 0.15) is 25.7 Å². The Morgan fingerprint density at radius 3 is 2.75 bits per heavy atom. The summed E-state index contributed by atoms with van der Waals surface area (Å²) in [5.74, 6) is 2.95. The molecule has 1 N–H and O–H groups in total. The Kier molecular flexibility index (Phi) is 4.59. The first kappa shape index (κ1) is 16.1. The Balaban J connectivity index is 1.57. The van der Waals surface area contributed by atoms with Crippen molar-refractivity contribution in [1.29, 1.82) is 0 Å². The van der Waals surface area contributed by atoms with Crippen molar-refractivity contribution in [3.05, 3.63) is 30.3 Å². The maximum atomic E-state index is 13.6. The summed E-state index contributed by atoms with van der Waals surface area (Å²) in [4.78, 5) is 11.3. The van der Waals surface area contributed by atoms with Crippen molar-refractivity contribution in [2.24, 2.45) is 0 Å². The van der Waals surface area contributed by atoms with E-state index in [1.165, 1.54) is 62.4 Å². The lowest BCUT2D eigenvalue weighted by atomic mass is 9.94. The maximum Gasteiger partial charge on any atom is 0.137 e. The molecule has 0 unspecified atom stereocenters. The summed E-state index contributed by atoms with van der Waals surface area (Å²) < 4.78 is 13.6. The maximum absolute atomic E-state index is 13.6. The van der Waals surface area contributed by atoms with E-state index < -0.39 is 0 Å². The first-order chi connectivity index (χ1) is 11.8. The Morgan fingerprint density at radius 2 is 1.96 bits per heavy atom.